The average Bonchev–Trinajstić information content (AvgIpc) is 3.21. The lowest BCUT2D eigenvalue weighted by atomic mass is 10.0. The molecule has 0 fully saturated rings. The lowest BCUT2D eigenvalue weighted by Gasteiger charge is -2.08. The Kier molecular flexibility index (Phi) is 7.82. The van der Waals surface area contributed by atoms with Crippen molar-refractivity contribution in [3.8, 4) is 11.3 Å². The molecule has 0 spiro atoms. The number of hydrogen-bond donors (Lipinski definition) is 2. The molecule has 1 heterocycles. The van der Waals surface area contributed by atoms with Gasteiger partial charge < -0.3 is 10.6 Å². The fourth-order valence-corrected chi connectivity index (χ4v) is 3.97. The van der Waals surface area contributed by atoms with Crippen molar-refractivity contribution in [1.82, 2.24) is 4.98 Å². The first kappa shape index (κ1) is 21.1. The number of aromatic nitrogens is 1. The van der Waals surface area contributed by atoms with Crippen LogP contribution in [-0.4, -0.2) is 17.4 Å². The van der Waals surface area contributed by atoms with E-state index in [1.807, 2.05) is 41.8 Å². The summed E-state index contributed by atoms with van der Waals surface area (Å²) in [7, 11) is 0. The van der Waals surface area contributed by atoms with Crippen LogP contribution in [0.1, 0.15) is 55.5 Å². The molecule has 2 N–H and O–H groups in total. The molecule has 3 aromatic rings. The first-order valence-electron chi connectivity index (χ1n) is 10.4. The molecular weight excluding hydrogens is 378 g/mol. The van der Waals surface area contributed by atoms with Gasteiger partial charge in [-0.1, -0.05) is 50.5 Å². The van der Waals surface area contributed by atoms with Crippen LogP contribution in [0.2, 0.25) is 0 Å². The topological polar surface area (TPSA) is 54.0 Å². The Morgan fingerprint density at radius 1 is 1.03 bits per heavy atom. The zero-order chi connectivity index (χ0) is 20.5. The molecule has 2 aromatic carbocycles. The summed E-state index contributed by atoms with van der Waals surface area (Å²) >= 11 is 1.59. The number of nitrogens with zero attached hydrogens (tertiary/aromatic N) is 1. The molecule has 0 aliphatic heterocycles. The molecule has 4 nitrogen and oxygen atoms in total. The van der Waals surface area contributed by atoms with Gasteiger partial charge in [0, 0.05) is 28.7 Å². The van der Waals surface area contributed by atoms with Crippen molar-refractivity contribution in [3.63, 3.8) is 0 Å². The minimum absolute atomic E-state index is 0.0914. The van der Waals surface area contributed by atoms with E-state index in [-0.39, 0.29) is 5.91 Å². The average molecular weight is 408 g/mol. The molecule has 0 aliphatic rings. The first-order valence-corrected chi connectivity index (χ1v) is 11.3. The minimum Gasteiger partial charge on any atom is -0.362 e. The van der Waals surface area contributed by atoms with Crippen molar-refractivity contribution < 1.29 is 4.79 Å². The zero-order valence-electron chi connectivity index (χ0n) is 17.2. The number of carbonyl (C=O) groups is 1. The van der Waals surface area contributed by atoms with Crippen LogP contribution in [0.25, 0.3) is 11.3 Å². The molecule has 0 saturated carbocycles. The highest BCUT2D eigenvalue weighted by atomic mass is 32.1. The Morgan fingerprint density at radius 3 is 2.62 bits per heavy atom. The quantitative estimate of drug-likeness (QED) is 0.371. The van der Waals surface area contributed by atoms with Crippen LogP contribution in [-0.2, 0) is 6.42 Å². The Morgan fingerprint density at radius 2 is 1.86 bits per heavy atom. The third-order valence-corrected chi connectivity index (χ3v) is 5.58. The summed E-state index contributed by atoms with van der Waals surface area (Å²) < 4.78 is 0. The number of thiazole rings is 1. The van der Waals surface area contributed by atoms with Crippen molar-refractivity contribution in [2.45, 2.75) is 46.0 Å². The summed E-state index contributed by atoms with van der Waals surface area (Å²) in [6, 6.07) is 15.8. The third-order valence-electron chi connectivity index (χ3n) is 4.78. The van der Waals surface area contributed by atoms with E-state index in [1.54, 1.807) is 11.3 Å². The molecule has 0 radical (unpaired) electrons. The summed E-state index contributed by atoms with van der Waals surface area (Å²) in [5.74, 6) is -0.0914. The third kappa shape index (κ3) is 6.16. The standard InChI is InChI=1S/C24H29N3OS/c1-3-5-6-7-9-18-12-14-19(15-13-18)23(28)26-21-11-8-10-20(16-21)22-17-29-24(27-22)25-4-2/h8,10-17H,3-7,9H2,1-2H3,(H,25,27)(H,26,28). The Bertz CT molecular complexity index is 918. The van der Waals surface area contributed by atoms with E-state index in [1.165, 1.54) is 31.2 Å². The number of anilines is 2. The van der Waals surface area contributed by atoms with Crippen LogP contribution in [0.15, 0.2) is 53.9 Å². The van der Waals surface area contributed by atoms with Gasteiger partial charge in [0.15, 0.2) is 5.13 Å². The molecule has 0 bridgehead atoms. The molecule has 0 atom stereocenters. The fraction of sp³-hybridized carbons (Fsp3) is 0.333. The smallest absolute Gasteiger partial charge is 0.255 e. The number of hydrogen-bond acceptors (Lipinski definition) is 4. The van der Waals surface area contributed by atoms with Gasteiger partial charge in [-0.25, -0.2) is 4.98 Å². The molecule has 0 aliphatic carbocycles. The predicted molar refractivity (Wildman–Crippen MR) is 124 cm³/mol. The van der Waals surface area contributed by atoms with Crippen LogP contribution in [0.5, 0.6) is 0 Å². The van der Waals surface area contributed by atoms with Crippen LogP contribution >= 0.6 is 11.3 Å². The van der Waals surface area contributed by atoms with Gasteiger partial charge in [0.05, 0.1) is 5.69 Å². The van der Waals surface area contributed by atoms with Crippen molar-refractivity contribution >= 4 is 28.1 Å². The summed E-state index contributed by atoms with van der Waals surface area (Å²) in [5, 5.41) is 9.16. The van der Waals surface area contributed by atoms with E-state index in [0.29, 0.717) is 5.56 Å². The lowest BCUT2D eigenvalue weighted by Crippen LogP contribution is -2.11. The SMILES string of the molecule is CCCCCCc1ccc(C(=O)Nc2cccc(-c3csc(NCC)n3)c2)cc1. The highest BCUT2D eigenvalue weighted by molar-refractivity contribution is 7.14. The highest BCUT2D eigenvalue weighted by Gasteiger charge is 2.09. The van der Waals surface area contributed by atoms with Gasteiger partial charge in [-0.2, -0.15) is 0 Å². The fourth-order valence-electron chi connectivity index (χ4n) is 3.18. The Balaban J connectivity index is 1.61. The molecule has 1 amide bonds. The van der Waals surface area contributed by atoms with Crippen LogP contribution in [0, 0.1) is 0 Å². The molecule has 0 saturated heterocycles. The van der Waals surface area contributed by atoms with Crippen molar-refractivity contribution in [3.05, 3.63) is 65.0 Å². The van der Waals surface area contributed by atoms with Gasteiger partial charge in [-0.15, -0.1) is 11.3 Å². The molecule has 0 unspecified atom stereocenters. The van der Waals surface area contributed by atoms with E-state index in [2.05, 4.69) is 41.6 Å². The van der Waals surface area contributed by atoms with Crippen LogP contribution in [0.3, 0.4) is 0 Å². The summed E-state index contributed by atoms with van der Waals surface area (Å²) in [6.45, 7) is 5.12. The maximum atomic E-state index is 12.6. The number of carbonyl (C=O) groups excluding carboxylic acids is 1. The molecule has 3 rings (SSSR count). The van der Waals surface area contributed by atoms with Crippen LogP contribution in [0.4, 0.5) is 10.8 Å². The van der Waals surface area contributed by atoms with Crippen molar-refractivity contribution in [1.29, 1.82) is 0 Å². The van der Waals surface area contributed by atoms with E-state index < -0.39 is 0 Å². The van der Waals surface area contributed by atoms with E-state index >= 15 is 0 Å². The van der Waals surface area contributed by atoms with Crippen molar-refractivity contribution in [2.24, 2.45) is 0 Å². The second kappa shape index (κ2) is 10.8. The zero-order valence-corrected chi connectivity index (χ0v) is 18.0. The summed E-state index contributed by atoms with van der Waals surface area (Å²) in [4.78, 5) is 17.2. The lowest BCUT2D eigenvalue weighted by molar-refractivity contribution is 0.102. The second-order valence-corrected chi connectivity index (χ2v) is 7.97. The first-order chi connectivity index (χ1) is 14.2. The van der Waals surface area contributed by atoms with E-state index in [9.17, 15) is 4.79 Å². The molecule has 5 heteroatoms. The predicted octanol–water partition coefficient (Wildman–Crippen LogP) is 6.62. The van der Waals surface area contributed by atoms with Crippen LogP contribution < -0.4 is 10.6 Å². The Hall–Kier alpha value is -2.66. The molecule has 152 valence electrons. The number of rotatable bonds is 10. The summed E-state index contributed by atoms with van der Waals surface area (Å²) in [5.41, 5.74) is 4.64. The minimum atomic E-state index is -0.0914. The highest BCUT2D eigenvalue weighted by Crippen LogP contribution is 2.27. The number of nitrogens with one attached hydrogen (secondary N) is 2. The maximum absolute atomic E-state index is 12.6. The monoisotopic (exact) mass is 407 g/mol. The summed E-state index contributed by atoms with van der Waals surface area (Å²) in [6.07, 6.45) is 6.09. The largest absolute Gasteiger partial charge is 0.362 e. The molecule has 1 aromatic heterocycles. The Labute approximate surface area is 177 Å². The van der Waals surface area contributed by atoms with Gasteiger partial charge in [0.2, 0.25) is 0 Å². The second-order valence-electron chi connectivity index (χ2n) is 7.11. The normalized spacial score (nSPS) is 10.7. The van der Waals surface area contributed by atoms with E-state index in [4.69, 9.17) is 0 Å². The number of benzene rings is 2. The number of amides is 1. The van der Waals surface area contributed by atoms with Crippen molar-refractivity contribution in [2.75, 3.05) is 17.2 Å². The molecule has 29 heavy (non-hydrogen) atoms. The number of unbranched alkanes of at least 4 members (excludes halogenated alkanes) is 3. The number of aryl methyl sites for hydroxylation is 1. The van der Waals surface area contributed by atoms with Gasteiger partial charge in [-0.05, 0) is 49.6 Å². The maximum Gasteiger partial charge on any atom is 0.255 e. The molecular formula is C24H29N3OS. The van der Waals surface area contributed by atoms with Gasteiger partial charge >= 0.3 is 0 Å². The van der Waals surface area contributed by atoms with Gasteiger partial charge in [-0.3, -0.25) is 4.79 Å². The van der Waals surface area contributed by atoms with Gasteiger partial charge in [0.1, 0.15) is 0 Å². The van der Waals surface area contributed by atoms with E-state index in [0.717, 1.165) is 35.0 Å². The van der Waals surface area contributed by atoms with Gasteiger partial charge in [0.25, 0.3) is 5.91 Å².